The van der Waals surface area contributed by atoms with Crippen LogP contribution >= 0.6 is 0 Å². The summed E-state index contributed by atoms with van der Waals surface area (Å²) in [4.78, 5) is 30.0. The number of amides is 2. The summed E-state index contributed by atoms with van der Waals surface area (Å²) in [6.45, 7) is 8.65. The number of rotatable bonds is 8. The standard InChI is InChI=1S/C27H39BN4O6/c1-20-18-32(13-14-37-20)27(2,3)15-22(17-29)25(33)31-12-8-7-11-23(19-31)38-26(34)30-24(16-28(35)36)21-9-5-4-6-10-21/h4-6,9-10,15,20,23-24,35-36H,7-8,11-14,16,18-19H2,1-3H3,(H,30,34)/t20-,23+,24+/m0/s1. The third kappa shape index (κ3) is 8.56. The molecule has 0 aromatic heterocycles. The van der Waals surface area contributed by atoms with E-state index in [-0.39, 0.29) is 30.4 Å². The molecule has 1 aromatic rings. The quantitative estimate of drug-likeness (QED) is 0.267. The summed E-state index contributed by atoms with van der Waals surface area (Å²) in [5.74, 6) is -0.372. The largest absolute Gasteiger partial charge is 0.453 e. The van der Waals surface area contributed by atoms with E-state index in [0.29, 0.717) is 32.7 Å². The van der Waals surface area contributed by atoms with Gasteiger partial charge in [0.25, 0.3) is 5.91 Å². The van der Waals surface area contributed by atoms with Crippen molar-refractivity contribution in [3.8, 4) is 6.07 Å². The number of benzene rings is 1. The van der Waals surface area contributed by atoms with E-state index in [4.69, 9.17) is 9.47 Å². The Hall–Kier alpha value is -2.91. The minimum absolute atomic E-state index is 0.0697. The Morgan fingerprint density at radius 2 is 2.00 bits per heavy atom. The van der Waals surface area contributed by atoms with Gasteiger partial charge in [0.1, 0.15) is 17.7 Å². The van der Waals surface area contributed by atoms with Gasteiger partial charge in [-0.25, -0.2) is 4.79 Å². The van der Waals surface area contributed by atoms with Crippen LogP contribution in [-0.4, -0.2) is 89.5 Å². The normalized spacial score (nSPS) is 22.1. The highest BCUT2D eigenvalue weighted by Crippen LogP contribution is 2.24. The second kappa shape index (κ2) is 13.8. The second-order valence-electron chi connectivity index (χ2n) is 10.5. The first kappa shape index (κ1) is 29.6. The predicted molar refractivity (Wildman–Crippen MR) is 143 cm³/mol. The van der Waals surface area contributed by atoms with E-state index in [0.717, 1.165) is 18.4 Å². The molecule has 1 aromatic carbocycles. The smallest absolute Gasteiger partial charge is 0.444 e. The van der Waals surface area contributed by atoms with Crippen molar-refractivity contribution in [2.45, 2.75) is 70.1 Å². The van der Waals surface area contributed by atoms with Crippen molar-refractivity contribution >= 4 is 19.1 Å². The number of nitrogens with one attached hydrogen (secondary N) is 1. The third-order valence-electron chi connectivity index (χ3n) is 7.03. The zero-order valence-electron chi connectivity index (χ0n) is 22.5. The summed E-state index contributed by atoms with van der Waals surface area (Å²) >= 11 is 0. The SMILES string of the molecule is C[C@H]1CN(C(C)(C)C=C(C#N)C(=O)N2CCCC[C@@H](OC(=O)N[C@H](CB(O)O)c3ccccc3)C2)CCO1. The molecule has 3 atom stereocenters. The Balaban J connectivity index is 1.66. The van der Waals surface area contributed by atoms with Crippen LogP contribution in [0.4, 0.5) is 4.79 Å². The van der Waals surface area contributed by atoms with Gasteiger partial charge < -0.3 is 29.7 Å². The summed E-state index contributed by atoms with van der Waals surface area (Å²) in [5, 5.41) is 31.5. The highest BCUT2D eigenvalue weighted by Gasteiger charge is 2.33. The number of likely N-dealkylation sites (tertiary alicyclic amines) is 1. The van der Waals surface area contributed by atoms with Gasteiger partial charge in [-0.15, -0.1) is 0 Å². The lowest BCUT2D eigenvalue weighted by Gasteiger charge is -2.41. The molecular weight excluding hydrogens is 487 g/mol. The maximum Gasteiger partial charge on any atom is 0.453 e. The van der Waals surface area contributed by atoms with Crippen molar-refractivity contribution in [3.05, 3.63) is 47.5 Å². The number of carbonyl (C=O) groups excluding carboxylic acids is 2. The van der Waals surface area contributed by atoms with E-state index < -0.39 is 30.9 Å². The molecule has 0 radical (unpaired) electrons. The number of nitrogens with zero attached hydrogens (tertiary/aromatic N) is 3. The minimum Gasteiger partial charge on any atom is -0.444 e. The maximum atomic E-state index is 13.4. The molecule has 0 spiro atoms. The predicted octanol–water partition coefficient (Wildman–Crippen LogP) is 2.26. The van der Waals surface area contributed by atoms with Crippen LogP contribution in [0.3, 0.4) is 0 Å². The fraction of sp³-hybridized carbons (Fsp3) is 0.593. The zero-order valence-corrected chi connectivity index (χ0v) is 22.5. The molecule has 2 amide bonds. The summed E-state index contributed by atoms with van der Waals surface area (Å²) < 4.78 is 11.3. The molecule has 10 nitrogen and oxygen atoms in total. The molecule has 0 aliphatic carbocycles. The zero-order chi connectivity index (χ0) is 27.7. The van der Waals surface area contributed by atoms with E-state index in [2.05, 4.69) is 16.3 Å². The highest BCUT2D eigenvalue weighted by atomic mass is 16.6. The fourth-order valence-electron chi connectivity index (χ4n) is 4.98. The van der Waals surface area contributed by atoms with Crippen molar-refractivity contribution in [2.24, 2.45) is 0 Å². The van der Waals surface area contributed by atoms with Gasteiger partial charge in [-0.1, -0.05) is 30.3 Å². The van der Waals surface area contributed by atoms with Crippen LogP contribution < -0.4 is 5.32 Å². The number of hydrogen-bond acceptors (Lipinski definition) is 8. The number of carbonyl (C=O) groups is 2. The molecule has 11 heteroatoms. The highest BCUT2D eigenvalue weighted by molar-refractivity contribution is 6.41. The molecule has 206 valence electrons. The van der Waals surface area contributed by atoms with Gasteiger partial charge in [0.05, 0.1) is 25.3 Å². The van der Waals surface area contributed by atoms with E-state index in [1.54, 1.807) is 35.2 Å². The topological polar surface area (TPSA) is 135 Å². The molecule has 3 rings (SSSR count). The summed E-state index contributed by atoms with van der Waals surface area (Å²) in [6, 6.07) is 10.4. The van der Waals surface area contributed by atoms with Gasteiger partial charge in [0.2, 0.25) is 0 Å². The summed E-state index contributed by atoms with van der Waals surface area (Å²) in [5.41, 5.74) is 0.279. The number of alkyl carbamates (subject to hydrolysis) is 1. The Morgan fingerprint density at radius 3 is 2.66 bits per heavy atom. The van der Waals surface area contributed by atoms with Crippen molar-refractivity contribution in [1.29, 1.82) is 5.26 Å². The van der Waals surface area contributed by atoms with Gasteiger partial charge >= 0.3 is 13.2 Å². The van der Waals surface area contributed by atoms with Crippen LogP contribution in [0.1, 0.15) is 51.6 Å². The molecule has 0 bridgehead atoms. The molecule has 2 heterocycles. The van der Waals surface area contributed by atoms with Gasteiger partial charge in [0.15, 0.2) is 0 Å². The number of morpholine rings is 1. The van der Waals surface area contributed by atoms with E-state index >= 15 is 0 Å². The average Bonchev–Trinajstić information content (AvgIpc) is 3.12. The lowest BCUT2D eigenvalue weighted by atomic mass is 9.79. The molecule has 2 fully saturated rings. The van der Waals surface area contributed by atoms with E-state index in [9.17, 15) is 24.9 Å². The number of hydrogen-bond donors (Lipinski definition) is 3. The van der Waals surface area contributed by atoms with Crippen molar-refractivity contribution in [3.63, 3.8) is 0 Å². The van der Waals surface area contributed by atoms with E-state index in [1.807, 2.05) is 26.8 Å². The Labute approximate surface area is 225 Å². The summed E-state index contributed by atoms with van der Waals surface area (Å²) in [6.07, 6.45) is 2.55. The first-order valence-electron chi connectivity index (χ1n) is 13.3. The lowest BCUT2D eigenvalue weighted by Crippen LogP contribution is -2.51. The van der Waals surface area contributed by atoms with E-state index in [1.165, 1.54) is 0 Å². The third-order valence-corrected chi connectivity index (χ3v) is 7.03. The molecule has 38 heavy (non-hydrogen) atoms. The average molecular weight is 526 g/mol. The monoisotopic (exact) mass is 526 g/mol. The first-order chi connectivity index (χ1) is 18.1. The van der Waals surface area contributed by atoms with Gasteiger partial charge in [-0.3, -0.25) is 9.69 Å². The lowest BCUT2D eigenvalue weighted by molar-refractivity contribution is -0.127. The molecular formula is C27H39BN4O6. The summed E-state index contributed by atoms with van der Waals surface area (Å²) in [7, 11) is -1.60. The van der Waals surface area contributed by atoms with Crippen LogP contribution in [0.15, 0.2) is 42.0 Å². The van der Waals surface area contributed by atoms with Crippen LogP contribution in [0.25, 0.3) is 0 Å². The Morgan fingerprint density at radius 1 is 1.26 bits per heavy atom. The Bertz CT molecular complexity index is 1010. The molecule has 2 saturated heterocycles. The van der Waals surface area contributed by atoms with Crippen LogP contribution in [-0.2, 0) is 14.3 Å². The van der Waals surface area contributed by atoms with Crippen molar-refractivity contribution in [1.82, 2.24) is 15.1 Å². The maximum absolute atomic E-state index is 13.4. The first-order valence-corrected chi connectivity index (χ1v) is 13.3. The van der Waals surface area contributed by atoms with Gasteiger partial charge in [-0.2, -0.15) is 5.26 Å². The van der Waals surface area contributed by atoms with Crippen molar-refractivity contribution in [2.75, 3.05) is 32.8 Å². The molecule has 2 aliphatic rings. The number of ether oxygens (including phenoxy) is 2. The second-order valence-corrected chi connectivity index (χ2v) is 10.5. The molecule has 0 saturated carbocycles. The molecule has 3 N–H and O–H groups in total. The molecule has 0 unspecified atom stereocenters. The van der Waals surface area contributed by atoms with Gasteiger partial charge in [-0.05, 0) is 51.7 Å². The Kier molecular flexibility index (Phi) is 10.7. The minimum atomic E-state index is -1.60. The fourth-order valence-corrected chi connectivity index (χ4v) is 4.98. The van der Waals surface area contributed by atoms with Gasteiger partial charge in [0, 0.05) is 31.5 Å². The van der Waals surface area contributed by atoms with Crippen LogP contribution in [0.5, 0.6) is 0 Å². The van der Waals surface area contributed by atoms with Crippen LogP contribution in [0.2, 0.25) is 6.32 Å². The number of nitriles is 1. The molecule has 2 aliphatic heterocycles. The van der Waals surface area contributed by atoms with Crippen LogP contribution in [0, 0.1) is 11.3 Å². The van der Waals surface area contributed by atoms with Crippen molar-refractivity contribution < 1.29 is 29.1 Å².